The summed E-state index contributed by atoms with van der Waals surface area (Å²) in [5, 5.41) is 2.82. The molecule has 2 amide bonds. The number of carbonyl (C=O) groups is 2. The maximum atomic E-state index is 13.1. The fraction of sp³-hybridized carbons (Fsp3) is 0.391. The molecule has 0 aliphatic carbocycles. The molecule has 2 aliphatic heterocycles. The predicted molar refractivity (Wildman–Crippen MR) is 128 cm³/mol. The van der Waals surface area contributed by atoms with Crippen molar-refractivity contribution < 1.29 is 22.7 Å². The molecule has 0 atom stereocenters. The van der Waals surface area contributed by atoms with Gasteiger partial charge in [0.15, 0.2) is 0 Å². The lowest BCUT2D eigenvalue weighted by Gasteiger charge is -2.30. The van der Waals surface area contributed by atoms with Crippen LogP contribution in [0, 0.1) is 0 Å². The fourth-order valence-corrected chi connectivity index (χ4v) is 6.09. The van der Waals surface area contributed by atoms with Crippen molar-refractivity contribution in [1.29, 1.82) is 0 Å². The van der Waals surface area contributed by atoms with E-state index in [9.17, 15) is 18.0 Å². The molecule has 4 rings (SSSR count). The van der Waals surface area contributed by atoms with Gasteiger partial charge in [0, 0.05) is 23.7 Å². The molecule has 0 bridgehead atoms. The van der Waals surface area contributed by atoms with Crippen molar-refractivity contribution in [1.82, 2.24) is 4.31 Å². The van der Waals surface area contributed by atoms with Crippen molar-refractivity contribution in [2.24, 2.45) is 0 Å². The summed E-state index contributed by atoms with van der Waals surface area (Å²) in [5.74, 6) is -0.00447. The predicted octanol–water partition coefficient (Wildman–Crippen LogP) is 2.91. The third kappa shape index (κ3) is 5.24. The quantitative estimate of drug-likeness (QED) is 0.670. The van der Waals surface area contributed by atoms with E-state index in [1.54, 1.807) is 12.1 Å². The number of sulfonamides is 1. The molecule has 2 heterocycles. The Hall–Kier alpha value is -2.40. The van der Waals surface area contributed by atoms with E-state index in [4.69, 9.17) is 4.74 Å². The van der Waals surface area contributed by atoms with Crippen LogP contribution in [0.25, 0.3) is 0 Å². The summed E-state index contributed by atoms with van der Waals surface area (Å²) in [6, 6.07) is 12.3. The van der Waals surface area contributed by atoms with Crippen LogP contribution in [0.4, 0.5) is 11.4 Å². The lowest BCUT2D eigenvalue weighted by Crippen LogP contribution is -2.42. The first-order chi connectivity index (χ1) is 15.8. The number of ether oxygens (including phenoxy) is 1. The molecule has 2 aromatic rings. The van der Waals surface area contributed by atoms with Crippen molar-refractivity contribution in [2.75, 3.05) is 48.8 Å². The second kappa shape index (κ2) is 9.84. The molecular formula is C23H27N3O5S2. The number of benzene rings is 2. The Morgan fingerprint density at radius 2 is 1.82 bits per heavy atom. The van der Waals surface area contributed by atoms with Crippen LogP contribution in [0.2, 0.25) is 0 Å². The normalized spacial score (nSPS) is 17.2. The van der Waals surface area contributed by atoms with Crippen molar-refractivity contribution in [3.8, 4) is 0 Å². The van der Waals surface area contributed by atoms with Gasteiger partial charge < -0.3 is 15.0 Å². The number of thioether (sulfide) groups is 1. The number of morpholine rings is 1. The summed E-state index contributed by atoms with van der Waals surface area (Å²) >= 11 is 1.34. The van der Waals surface area contributed by atoms with Gasteiger partial charge >= 0.3 is 0 Å². The standard InChI is InChI=1S/C23H27N3O5S2/c1-16(2)17-3-5-18(6-4-17)24-22(27)14-26-20-13-19(7-8-21(20)32-15-23(26)28)33(29,30)25-9-11-31-12-10-25/h3-8,13,16H,9-12,14-15H2,1-2H3,(H,24,27). The molecular weight excluding hydrogens is 462 g/mol. The minimum absolute atomic E-state index is 0.105. The van der Waals surface area contributed by atoms with Crippen LogP contribution in [0.15, 0.2) is 52.3 Å². The summed E-state index contributed by atoms with van der Waals surface area (Å²) in [5.41, 5.74) is 2.25. The average Bonchev–Trinajstić information content (AvgIpc) is 2.81. The third-order valence-electron chi connectivity index (χ3n) is 5.64. The number of amides is 2. The van der Waals surface area contributed by atoms with Gasteiger partial charge in [-0.2, -0.15) is 4.31 Å². The molecule has 33 heavy (non-hydrogen) atoms. The Morgan fingerprint density at radius 1 is 1.12 bits per heavy atom. The number of fused-ring (bicyclic) bond motifs is 1. The molecule has 0 spiro atoms. The molecule has 0 unspecified atom stereocenters. The molecule has 176 valence electrons. The van der Waals surface area contributed by atoms with E-state index in [-0.39, 0.29) is 42.1 Å². The van der Waals surface area contributed by atoms with Crippen molar-refractivity contribution in [2.45, 2.75) is 29.6 Å². The Balaban J connectivity index is 1.54. The average molecular weight is 490 g/mol. The van der Waals surface area contributed by atoms with E-state index >= 15 is 0 Å². The molecule has 1 fully saturated rings. The summed E-state index contributed by atoms with van der Waals surface area (Å²) < 4.78 is 32.8. The minimum atomic E-state index is -3.72. The molecule has 8 nitrogen and oxygen atoms in total. The van der Waals surface area contributed by atoms with Crippen molar-refractivity contribution >= 4 is 45.0 Å². The van der Waals surface area contributed by atoms with Crippen LogP contribution >= 0.6 is 11.8 Å². The van der Waals surface area contributed by atoms with Gasteiger partial charge in [-0.3, -0.25) is 9.59 Å². The highest BCUT2D eigenvalue weighted by atomic mass is 32.2. The van der Waals surface area contributed by atoms with Crippen LogP contribution in [0.1, 0.15) is 25.3 Å². The number of hydrogen-bond acceptors (Lipinski definition) is 6. The molecule has 1 saturated heterocycles. The topological polar surface area (TPSA) is 96.0 Å². The van der Waals surface area contributed by atoms with Gasteiger partial charge in [-0.25, -0.2) is 8.42 Å². The number of nitrogens with zero attached hydrogens (tertiary/aromatic N) is 2. The Morgan fingerprint density at radius 3 is 2.48 bits per heavy atom. The number of carbonyl (C=O) groups excluding carboxylic acids is 2. The fourth-order valence-electron chi connectivity index (χ4n) is 3.75. The van der Waals surface area contributed by atoms with Gasteiger partial charge in [-0.1, -0.05) is 26.0 Å². The zero-order valence-electron chi connectivity index (χ0n) is 18.6. The number of rotatable bonds is 6. The van der Waals surface area contributed by atoms with Crippen LogP contribution < -0.4 is 10.2 Å². The number of hydrogen-bond donors (Lipinski definition) is 1. The van der Waals surface area contributed by atoms with E-state index in [0.717, 1.165) is 4.90 Å². The maximum absolute atomic E-state index is 13.1. The van der Waals surface area contributed by atoms with Gasteiger partial charge in [-0.15, -0.1) is 11.8 Å². The van der Waals surface area contributed by atoms with Crippen molar-refractivity contribution in [3.63, 3.8) is 0 Å². The first-order valence-corrected chi connectivity index (χ1v) is 13.2. The van der Waals surface area contributed by atoms with Crippen LogP contribution in [0.5, 0.6) is 0 Å². The molecule has 0 saturated carbocycles. The van der Waals surface area contributed by atoms with Crippen LogP contribution in [-0.2, 0) is 24.3 Å². The molecule has 10 heteroatoms. The van der Waals surface area contributed by atoms with Crippen LogP contribution in [0.3, 0.4) is 0 Å². The molecule has 0 aromatic heterocycles. The van der Waals surface area contributed by atoms with Gasteiger partial charge in [0.25, 0.3) is 0 Å². The summed E-state index contributed by atoms with van der Waals surface area (Å²) in [4.78, 5) is 27.6. The van der Waals surface area contributed by atoms with Gasteiger partial charge in [-0.05, 0) is 41.8 Å². The first-order valence-electron chi connectivity index (χ1n) is 10.8. The first kappa shape index (κ1) is 23.7. The highest BCUT2D eigenvalue weighted by Gasteiger charge is 2.31. The Kier molecular flexibility index (Phi) is 7.08. The minimum Gasteiger partial charge on any atom is -0.379 e. The molecule has 2 aliphatic rings. The maximum Gasteiger partial charge on any atom is 0.244 e. The number of nitrogens with one attached hydrogen (secondary N) is 1. The lowest BCUT2D eigenvalue weighted by atomic mass is 10.0. The second-order valence-corrected chi connectivity index (χ2v) is 11.2. The van der Waals surface area contributed by atoms with E-state index in [1.165, 1.54) is 32.6 Å². The largest absolute Gasteiger partial charge is 0.379 e. The molecule has 2 aromatic carbocycles. The molecule has 0 radical (unpaired) electrons. The highest BCUT2D eigenvalue weighted by molar-refractivity contribution is 8.00. The Bertz CT molecular complexity index is 1140. The van der Waals surface area contributed by atoms with Gasteiger partial charge in [0.2, 0.25) is 21.8 Å². The monoisotopic (exact) mass is 489 g/mol. The summed E-state index contributed by atoms with van der Waals surface area (Å²) in [6.45, 7) is 5.27. The van der Waals surface area contributed by atoms with Gasteiger partial charge in [0.1, 0.15) is 6.54 Å². The van der Waals surface area contributed by atoms with E-state index in [2.05, 4.69) is 19.2 Å². The summed E-state index contributed by atoms with van der Waals surface area (Å²) in [7, 11) is -3.72. The highest BCUT2D eigenvalue weighted by Crippen LogP contribution is 2.37. The van der Waals surface area contributed by atoms with E-state index in [0.29, 0.717) is 30.5 Å². The van der Waals surface area contributed by atoms with Gasteiger partial charge in [0.05, 0.1) is 29.5 Å². The lowest BCUT2D eigenvalue weighted by molar-refractivity contribution is -0.120. The number of anilines is 2. The zero-order chi connectivity index (χ0) is 23.6. The Labute approximate surface area is 198 Å². The van der Waals surface area contributed by atoms with Crippen molar-refractivity contribution in [3.05, 3.63) is 48.0 Å². The second-order valence-electron chi connectivity index (χ2n) is 8.24. The smallest absolute Gasteiger partial charge is 0.244 e. The molecule has 1 N–H and O–H groups in total. The zero-order valence-corrected chi connectivity index (χ0v) is 20.2. The SMILES string of the molecule is CC(C)c1ccc(NC(=O)CN2C(=O)CSc3ccc(S(=O)(=O)N4CCOCC4)cc32)cc1. The third-order valence-corrected chi connectivity index (χ3v) is 8.59. The van der Waals surface area contributed by atoms with E-state index < -0.39 is 10.0 Å². The van der Waals surface area contributed by atoms with E-state index in [1.807, 2.05) is 24.3 Å². The summed E-state index contributed by atoms with van der Waals surface area (Å²) in [6.07, 6.45) is 0. The van der Waals surface area contributed by atoms with Crippen LogP contribution in [-0.4, -0.2) is 63.1 Å².